The summed E-state index contributed by atoms with van der Waals surface area (Å²) in [5, 5.41) is 0. The van der Waals surface area contributed by atoms with Crippen LogP contribution >= 0.6 is 0 Å². The van der Waals surface area contributed by atoms with Gasteiger partial charge in [0.1, 0.15) is 0 Å². The van der Waals surface area contributed by atoms with E-state index >= 15 is 0 Å². The van der Waals surface area contributed by atoms with Gasteiger partial charge in [0.2, 0.25) is 0 Å². The molecule has 1 heterocycles. The summed E-state index contributed by atoms with van der Waals surface area (Å²) in [5.41, 5.74) is -1.39. The monoisotopic (exact) mass is 221 g/mol. The number of likely N-dealkylation sites (tertiary alicyclic amines) is 1. The highest BCUT2D eigenvalue weighted by Crippen LogP contribution is 2.55. The van der Waals surface area contributed by atoms with Crippen LogP contribution < -0.4 is 0 Å². The second-order valence-corrected chi connectivity index (χ2v) is 5.00. The molecule has 15 heavy (non-hydrogen) atoms. The van der Waals surface area contributed by atoms with Crippen molar-refractivity contribution in [3.8, 4) is 0 Å². The lowest BCUT2D eigenvalue weighted by Gasteiger charge is -2.52. The molecule has 1 saturated carbocycles. The highest BCUT2D eigenvalue weighted by Gasteiger charge is 2.61. The smallest absolute Gasteiger partial charge is 0.303 e. The van der Waals surface area contributed by atoms with E-state index in [2.05, 4.69) is 0 Å². The molecular formula is C11H18F3N. The molecule has 0 spiro atoms. The molecule has 0 amide bonds. The van der Waals surface area contributed by atoms with Gasteiger partial charge in [-0.1, -0.05) is 12.8 Å². The van der Waals surface area contributed by atoms with Gasteiger partial charge in [0.15, 0.2) is 0 Å². The van der Waals surface area contributed by atoms with Gasteiger partial charge in [0, 0.05) is 6.04 Å². The fourth-order valence-corrected chi connectivity index (χ4v) is 3.43. The number of hydrogen-bond donors (Lipinski definition) is 0. The summed E-state index contributed by atoms with van der Waals surface area (Å²) in [6.07, 6.45) is -0.247. The lowest BCUT2D eigenvalue weighted by molar-refractivity contribution is -0.264. The summed E-state index contributed by atoms with van der Waals surface area (Å²) < 4.78 is 39.6. The van der Waals surface area contributed by atoms with Gasteiger partial charge >= 0.3 is 6.18 Å². The second kappa shape index (κ2) is 3.65. The zero-order chi connectivity index (χ0) is 11.1. The van der Waals surface area contributed by atoms with Crippen LogP contribution in [0.15, 0.2) is 0 Å². The van der Waals surface area contributed by atoms with E-state index in [4.69, 9.17) is 0 Å². The van der Waals surface area contributed by atoms with Gasteiger partial charge in [0.25, 0.3) is 0 Å². The third-order valence-corrected chi connectivity index (χ3v) is 4.22. The van der Waals surface area contributed by atoms with Crippen LogP contribution in [0.2, 0.25) is 0 Å². The first-order valence-corrected chi connectivity index (χ1v) is 5.74. The number of hydrogen-bond acceptors (Lipinski definition) is 1. The average Bonchev–Trinajstić information content (AvgIpc) is 2.17. The number of piperidine rings is 1. The Morgan fingerprint density at radius 3 is 2.40 bits per heavy atom. The number of alkyl halides is 3. The van der Waals surface area contributed by atoms with Crippen molar-refractivity contribution in [2.45, 2.75) is 50.7 Å². The van der Waals surface area contributed by atoms with Crippen LogP contribution in [0.1, 0.15) is 38.5 Å². The molecule has 0 radical (unpaired) electrons. The molecule has 2 rings (SSSR count). The van der Waals surface area contributed by atoms with E-state index < -0.39 is 11.6 Å². The van der Waals surface area contributed by atoms with Crippen LogP contribution in [0.4, 0.5) is 13.2 Å². The highest BCUT2D eigenvalue weighted by atomic mass is 19.4. The molecule has 2 aliphatic rings. The van der Waals surface area contributed by atoms with E-state index in [9.17, 15) is 13.2 Å². The Bertz CT molecular complexity index is 234. The van der Waals surface area contributed by atoms with E-state index in [1.807, 2.05) is 11.9 Å². The number of rotatable bonds is 0. The molecule has 2 atom stereocenters. The maximum atomic E-state index is 13.2. The summed E-state index contributed by atoms with van der Waals surface area (Å²) in [7, 11) is 1.84. The van der Waals surface area contributed by atoms with E-state index in [1.165, 1.54) is 0 Å². The van der Waals surface area contributed by atoms with Crippen molar-refractivity contribution in [1.82, 2.24) is 4.90 Å². The van der Waals surface area contributed by atoms with Crippen molar-refractivity contribution in [1.29, 1.82) is 0 Å². The topological polar surface area (TPSA) is 3.24 Å². The first-order chi connectivity index (χ1) is 6.97. The third kappa shape index (κ3) is 1.67. The van der Waals surface area contributed by atoms with Crippen LogP contribution in [-0.2, 0) is 0 Å². The molecule has 0 aromatic rings. The zero-order valence-corrected chi connectivity index (χ0v) is 9.11. The Balaban J connectivity index is 2.30. The lowest BCUT2D eigenvalue weighted by atomic mass is 9.64. The molecule has 1 aliphatic carbocycles. The first-order valence-electron chi connectivity index (χ1n) is 5.74. The predicted molar refractivity (Wildman–Crippen MR) is 52.6 cm³/mol. The van der Waals surface area contributed by atoms with E-state index in [0.29, 0.717) is 19.3 Å². The molecule has 0 aromatic heterocycles. The number of halogens is 3. The second-order valence-electron chi connectivity index (χ2n) is 5.00. The first kappa shape index (κ1) is 11.2. The van der Waals surface area contributed by atoms with Crippen molar-refractivity contribution in [2.24, 2.45) is 5.41 Å². The van der Waals surface area contributed by atoms with Gasteiger partial charge in [-0.2, -0.15) is 13.2 Å². The van der Waals surface area contributed by atoms with Crippen LogP contribution in [0.5, 0.6) is 0 Å². The molecule has 1 nitrogen and oxygen atoms in total. The molecule has 0 aromatic carbocycles. The fourth-order valence-electron chi connectivity index (χ4n) is 3.43. The van der Waals surface area contributed by atoms with Crippen LogP contribution in [0.25, 0.3) is 0 Å². The molecule has 2 fully saturated rings. The standard InChI is InChI=1S/C11H18F3N/c1-15-8-4-7-10(11(12,13)14)6-3-2-5-9(10)15/h9H,2-8H2,1H3. The van der Waals surface area contributed by atoms with Crippen molar-refractivity contribution in [3.05, 3.63) is 0 Å². The molecule has 1 saturated heterocycles. The predicted octanol–water partition coefficient (Wildman–Crippen LogP) is 3.20. The Labute approximate surface area is 88.6 Å². The quantitative estimate of drug-likeness (QED) is 0.607. The molecular weight excluding hydrogens is 203 g/mol. The molecule has 0 N–H and O–H groups in total. The van der Waals surface area contributed by atoms with Gasteiger partial charge < -0.3 is 4.90 Å². The van der Waals surface area contributed by atoms with Crippen LogP contribution in [0, 0.1) is 5.41 Å². The van der Waals surface area contributed by atoms with Gasteiger partial charge in [0.05, 0.1) is 5.41 Å². The maximum absolute atomic E-state index is 13.2. The minimum absolute atomic E-state index is 0.264. The Morgan fingerprint density at radius 2 is 1.80 bits per heavy atom. The fraction of sp³-hybridized carbons (Fsp3) is 1.00. The Hall–Kier alpha value is -0.250. The number of nitrogens with zero attached hydrogens (tertiary/aromatic N) is 1. The van der Waals surface area contributed by atoms with Gasteiger partial charge in [-0.15, -0.1) is 0 Å². The van der Waals surface area contributed by atoms with Crippen LogP contribution in [0.3, 0.4) is 0 Å². The summed E-state index contributed by atoms with van der Waals surface area (Å²) in [5.74, 6) is 0. The van der Waals surface area contributed by atoms with E-state index in [-0.39, 0.29) is 6.04 Å². The summed E-state index contributed by atoms with van der Waals surface area (Å²) >= 11 is 0. The third-order valence-electron chi connectivity index (χ3n) is 4.22. The lowest BCUT2D eigenvalue weighted by Crippen LogP contribution is -2.58. The van der Waals surface area contributed by atoms with Gasteiger partial charge in [-0.3, -0.25) is 0 Å². The minimum Gasteiger partial charge on any atom is -0.303 e. The summed E-state index contributed by atoms with van der Waals surface area (Å²) in [6, 6.07) is -0.264. The van der Waals surface area contributed by atoms with Gasteiger partial charge in [-0.05, 0) is 39.3 Å². The average molecular weight is 221 g/mol. The van der Waals surface area contributed by atoms with Gasteiger partial charge in [-0.25, -0.2) is 0 Å². The zero-order valence-electron chi connectivity index (χ0n) is 9.11. The molecule has 1 aliphatic heterocycles. The SMILES string of the molecule is CN1CCCC2(C(F)(F)F)CCCCC12. The van der Waals surface area contributed by atoms with Crippen molar-refractivity contribution in [2.75, 3.05) is 13.6 Å². The van der Waals surface area contributed by atoms with E-state index in [1.54, 1.807) is 0 Å². The Morgan fingerprint density at radius 1 is 1.13 bits per heavy atom. The molecule has 0 bridgehead atoms. The highest BCUT2D eigenvalue weighted by molar-refractivity contribution is 5.02. The van der Waals surface area contributed by atoms with Crippen LogP contribution in [-0.4, -0.2) is 30.7 Å². The summed E-state index contributed by atoms with van der Waals surface area (Å²) in [6.45, 7) is 0.822. The van der Waals surface area contributed by atoms with E-state index in [0.717, 1.165) is 25.8 Å². The maximum Gasteiger partial charge on any atom is 0.395 e. The van der Waals surface area contributed by atoms with Crippen molar-refractivity contribution < 1.29 is 13.2 Å². The largest absolute Gasteiger partial charge is 0.395 e. The molecule has 2 unspecified atom stereocenters. The molecule has 4 heteroatoms. The normalized spacial score (nSPS) is 38.8. The van der Waals surface area contributed by atoms with Crippen molar-refractivity contribution in [3.63, 3.8) is 0 Å². The minimum atomic E-state index is -4.02. The molecule has 88 valence electrons. The summed E-state index contributed by atoms with van der Waals surface area (Å²) in [4.78, 5) is 1.93. The Kier molecular flexibility index (Phi) is 2.73. The van der Waals surface area contributed by atoms with Crippen molar-refractivity contribution >= 4 is 0 Å². The number of fused-ring (bicyclic) bond motifs is 1.